The van der Waals surface area contributed by atoms with Gasteiger partial charge in [-0.15, -0.1) is 0 Å². The third-order valence-corrected chi connectivity index (χ3v) is 7.38. The SMILES string of the molecule is CCC(CC)(C(=O)O)C(=O)Nc1cccc(CN2CCN(Cc3cccc4ccccc34)CC2)c1. The summed E-state index contributed by atoms with van der Waals surface area (Å²) >= 11 is 0. The summed E-state index contributed by atoms with van der Waals surface area (Å²) in [6.45, 7) is 9.22. The van der Waals surface area contributed by atoms with Crippen LogP contribution >= 0.6 is 0 Å². The summed E-state index contributed by atoms with van der Waals surface area (Å²) in [6.07, 6.45) is 0.515. The molecule has 1 saturated heterocycles. The van der Waals surface area contributed by atoms with Gasteiger partial charge in [-0.1, -0.05) is 68.4 Å². The number of nitrogens with zero attached hydrogens (tertiary/aromatic N) is 2. The van der Waals surface area contributed by atoms with Gasteiger partial charge in [0, 0.05) is 45.0 Å². The molecule has 6 heteroatoms. The van der Waals surface area contributed by atoms with Crippen molar-refractivity contribution in [3.8, 4) is 0 Å². The Kier molecular flexibility index (Phi) is 7.83. The quantitative estimate of drug-likeness (QED) is 0.429. The summed E-state index contributed by atoms with van der Waals surface area (Å²) in [6, 6.07) is 22.8. The van der Waals surface area contributed by atoms with Crippen molar-refractivity contribution < 1.29 is 14.7 Å². The zero-order valence-corrected chi connectivity index (χ0v) is 20.7. The second-order valence-electron chi connectivity index (χ2n) is 9.44. The summed E-state index contributed by atoms with van der Waals surface area (Å²) in [5.74, 6) is -1.52. The van der Waals surface area contributed by atoms with Crippen LogP contribution in [0.25, 0.3) is 10.8 Å². The van der Waals surface area contributed by atoms with E-state index in [4.69, 9.17) is 0 Å². The molecule has 2 N–H and O–H groups in total. The Morgan fingerprint density at radius 1 is 0.857 bits per heavy atom. The molecule has 1 amide bonds. The minimum atomic E-state index is -1.39. The van der Waals surface area contributed by atoms with E-state index in [1.807, 2.05) is 18.2 Å². The Hall–Kier alpha value is -3.22. The van der Waals surface area contributed by atoms with Gasteiger partial charge < -0.3 is 10.4 Å². The van der Waals surface area contributed by atoms with Crippen LogP contribution in [-0.4, -0.2) is 53.0 Å². The number of piperazine rings is 1. The number of amides is 1. The van der Waals surface area contributed by atoms with Crippen LogP contribution in [0.4, 0.5) is 5.69 Å². The number of hydrogen-bond acceptors (Lipinski definition) is 4. The smallest absolute Gasteiger partial charge is 0.319 e. The van der Waals surface area contributed by atoms with E-state index in [-0.39, 0.29) is 12.8 Å². The Balaban J connectivity index is 1.34. The van der Waals surface area contributed by atoms with Gasteiger partial charge in [0.05, 0.1) is 0 Å². The molecule has 0 radical (unpaired) electrons. The molecule has 35 heavy (non-hydrogen) atoms. The first-order valence-corrected chi connectivity index (χ1v) is 12.5. The number of rotatable bonds is 9. The molecule has 6 nitrogen and oxygen atoms in total. The molecule has 4 rings (SSSR count). The highest BCUT2D eigenvalue weighted by atomic mass is 16.4. The zero-order chi connectivity index (χ0) is 24.8. The maximum atomic E-state index is 12.8. The highest BCUT2D eigenvalue weighted by Gasteiger charge is 2.42. The predicted octanol–water partition coefficient (Wildman–Crippen LogP) is 4.99. The van der Waals surface area contributed by atoms with Gasteiger partial charge in [-0.25, -0.2) is 0 Å². The van der Waals surface area contributed by atoms with Crippen molar-refractivity contribution in [2.75, 3.05) is 31.5 Å². The Bertz CT molecular complexity index is 1180. The Labute approximate surface area is 207 Å². The van der Waals surface area contributed by atoms with Gasteiger partial charge in [0.2, 0.25) is 5.91 Å². The molecular formula is C29H35N3O3. The van der Waals surface area contributed by atoms with E-state index >= 15 is 0 Å². The minimum absolute atomic E-state index is 0.257. The lowest BCUT2D eigenvalue weighted by molar-refractivity contribution is -0.154. The highest BCUT2D eigenvalue weighted by Crippen LogP contribution is 2.29. The lowest BCUT2D eigenvalue weighted by Crippen LogP contribution is -2.45. The Morgan fingerprint density at radius 2 is 1.49 bits per heavy atom. The minimum Gasteiger partial charge on any atom is -0.480 e. The third kappa shape index (κ3) is 5.55. The van der Waals surface area contributed by atoms with Crippen LogP contribution in [-0.2, 0) is 22.7 Å². The van der Waals surface area contributed by atoms with Gasteiger partial charge in [-0.2, -0.15) is 0 Å². The molecule has 0 unspecified atom stereocenters. The van der Waals surface area contributed by atoms with Crippen molar-refractivity contribution in [2.24, 2.45) is 5.41 Å². The average molecular weight is 474 g/mol. The van der Waals surface area contributed by atoms with Crippen molar-refractivity contribution in [2.45, 2.75) is 39.8 Å². The number of carbonyl (C=O) groups is 2. The van der Waals surface area contributed by atoms with E-state index in [0.29, 0.717) is 5.69 Å². The molecule has 1 aliphatic heterocycles. The van der Waals surface area contributed by atoms with Crippen LogP contribution in [0.1, 0.15) is 37.8 Å². The van der Waals surface area contributed by atoms with Crippen molar-refractivity contribution in [3.05, 3.63) is 77.9 Å². The first-order valence-electron chi connectivity index (χ1n) is 12.5. The number of aliphatic carboxylic acids is 1. The fourth-order valence-corrected chi connectivity index (χ4v) is 5.00. The zero-order valence-electron chi connectivity index (χ0n) is 20.7. The van der Waals surface area contributed by atoms with Crippen LogP contribution in [0.5, 0.6) is 0 Å². The standard InChI is InChI=1S/C29H35N3O3/c1-3-29(4-2,28(34)35)27(33)30-25-13-7-9-22(19-25)20-31-15-17-32(18-16-31)21-24-12-8-11-23-10-5-6-14-26(23)24/h5-14,19H,3-4,15-18,20-21H2,1-2H3,(H,30,33)(H,34,35). The van der Waals surface area contributed by atoms with E-state index in [1.165, 1.54) is 16.3 Å². The predicted molar refractivity (Wildman–Crippen MR) is 140 cm³/mol. The monoisotopic (exact) mass is 473 g/mol. The van der Waals surface area contributed by atoms with Crippen LogP contribution in [0.3, 0.4) is 0 Å². The maximum absolute atomic E-state index is 12.8. The lowest BCUT2D eigenvalue weighted by atomic mass is 9.81. The number of carbonyl (C=O) groups excluding carboxylic acids is 1. The van der Waals surface area contributed by atoms with Gasteiger partial charge >= 0.3 is 5.97 Å². The normalized spacial score (nSPS) is 15.3. The number of carboxylic acid groups (broad SMARTS) is 1. The first kappa shape index (κ1) is 24.9. The second kappa shape index (κ2) is 11.0. The van der Waals surface area contributed by atoms with E-state index in [1.54, 1.807) is 13.8 Å². The van der Waals surface area contributed by atoms with Gasteiger partial charge in [0.1, 0.15) is 5.41 Å². The number of hydrogen-bond donors (Lipinski definition) is 2. The number of benzene rings is 3. The summed E-state index contributed by atoms with van der Waals surface area (Å²) in [4.78, 5) is 29.5. The molecule has 3 aromatic carbocycles. The van der Waals surface area contributed by atoms with E-state index in [0.717, 1.165) is 44.8 Å². The molecule has 1 aliphatic rings. The average Bonchev–Trinajstić information content (AvgIpc) is 2.86. The van der Waals surface area contributed by atoms with Crippen molar-refractivity contribution in [1.82, 2.24) is 9.80 Å². The van der Waals surface area contributed by atoms with Gasteiger partial charge in [0.25, 0.3) is 0 Å². The second-order valence-corrected chi connectivity index (χ2v) is 9.44. The third-order valence-electron chi connectivity index (χ3n) is 7.38. The van der Waals surface area contributed by atoms with Crippen molar-refractivity contribution in [1.29, 1.82) is 0 Å². The first-order chi connectivity index (χ1) is 16.9. The van der Waals surface area contributed by atoms with Crippen molar-refractivity contribution in [3.63, 3.8) is 0 Å². The molecule has 1 fully saturated rings. The number of carboxylic acids is 1. The van der Waals surface area contributed by atoms with Gasteiger partial charge in [-0.3, -0.25) is 19.4 Å². The fourth-order valence-electron chi connectivity index (χ4n) is 5.00. The van der Waals surface area contributed by atoms with Gasteiger partial charge in [0.15, 0.2) is 0 Å². The van der Waals surface area contributed by atoms with Crippen LogP contribution < -0.4 is 5.32 Å². The van der Waals surface area contributed by atoms with E-state index < -0.39 is 17.3 Å². The molecule has 0 aliphatic carbocycles. The molecule has 184 valence electrons. The van der Waals surface area contributed by atoms with E-state index in [2.05, 4.69) is 63.6 Å². The van der Waals surface area contributed by atoms with E-state index in [9.17, 15) is 14.7 Å². The largest absolute Gasteiger partial charge is 0.480 e. The molecule has 0 spiro atoms. The molecule has 1 heterocycles. The summed E-state index contributed by atoms with van der Waals surface area (Å²) in [7, 11) is 0. The molecule has 0 atom stereocenters. The lowest BCUT2D eigenvalue weighted by Gasteiger charge is -2.35. The highest BCUT2D eigenvalue weighted by molar-refractivity contribution is 6.08. The summed E-state index contributed by atoms with van der Waals surface area (Å²) in [5, 5.41) is 15.1. The fraction of sp³-hybridized carbons (Fsp3) is 0.379. The summed E-state index contributed by atoms with van der Waals surface area (Å²) < 4.78 is 0. The molecule has 3 aromatic rings. The van der Waals surface area contributed by atoms with Crippen LogP contribution in [0.15, 0.2) is 66.7 Å². The molecule has 0 aromatic heterocycles. The number of fused-ring (bicyclic) bond motifs is 1. The number of nitrogens with one attached hydrogen (secondary N) is 1. The molecule has 0 saturated carbocycles. The molecular weight excluding hydrogens is 438 g/mol. The molecule has 0 bridgehead atoms. The van der Waals surface area contributed by atoms with Crippen molar-refractivity contribution >= 4 is 28.3 Å². The van der Waals surface area contributed by atoms with Crippen LogP contribution in [0.2, 0.25) is 0 Å². The van der Waals surface area contributed by atoms with Crippen LogP contribution in [0, 0.1) is 5.41 Å². The maximum Gasteiger partial charge on any atom is 0.319 e. The Morgan fingerprint density at radius 3 is 2.17 bits per heavy atom. The summed E-state index contributed by atoms with van der Waals surface area (Å²) in [5.41, 5.74) is 1.74. The number of anilines is 1. The van der Waals surface area contributed by atoms with Gasteiger partial charge in [-0.05, 0) is 46.9 Å². The topological polar surface area (TPSA) is 72.9 Å².